The maximum absolute atomic E-state index is 12.8. The van der Waals surface area contributed by atoms with E-state index in [1.807, 2.05) is 36.4 Å². The van der Waals surface area contributed by atoms with Gasteiger partial charge in [0, 0.05) is 31.6 Å². The van der Waals surface area contributed by atoms with Crippen LogP contribution in [0.25, 0.3) is 0 Å². The highest BCUT2D eigenvalue weighted by molar-refractivity contribution is 7.70. The van der Waals surface area contributed by atoms with Crippen LogP contribution in [-0.2, 0) is 9.30 Å². The molecule has 0 aliphatic carbocycles. The van der Waals surface area contributed by atoms with Gasteiger partial charge in [0.15, 0.2) is 5.82 Å². The fourth-order valence-corrected chi connectivity index (χ4v) is 6.48. The van der Waals surface area contributed by atoms with Gasteiger partial charge in [-0.3, -0.25) is 0 Å². The highest BCUT2D eigenvalue weighted by Crippen LogP contribution is 2.42. The predicted octanol–water partition coefficient (Wildman–Crippen LogP) is 5.67. The average molecular weight is 557 g/mol. The van der Waals surface area contributed by atoms with Crippen molar-refractivity contribution in [1.29, 1.82) is 0 Å². The van der Waals surface area contributed by atoms with Crippen molar-refractivity contribution < 1.29 is 14.0 Å². The minimum absolute atomic E-state index is 0.331. The standard InChI is InChI=1S/C27H34ClN6O3P/c1-36-25-21(8-9-23(32-25)34-14-10-27(11-15-34)12-16-37-17-13-27)31-26-29-18-19(28)24(33-26)30-20-6-4-5-7-22(20)38(2,3)35/h4-9,18H,10-17H2,1-3H3,(H2,29,30,31,33). The number of aromatic nitrogens is 3. The Labute approximate surface area is 228 Å². The number of benzene rings is 1. The number of hydrogen-bond acceptors (Lipinski definition) is 9. The van der Waals surface area contributed by atoms with Crippen molar-refractivity contribution in [3.8, 4) is 5.88 Å². The van der Waals surface area contributed by atoms with E-state index in [4.69, 9.17) is 26.1 Å². The first-order valence-corrected chi connectivity index (χ1v) is 15.8. The molecule has 5 rings (SSSR count). The minimum Gasteiger partial charge on any atom is -0.479 e. The van der Waals surface area contributed by atoms with E-state index in [1.165, 1.54) is 6.20 Å². The van der Waals surface area contributed by atoms with E-state index < -0.39 is 7.14 Å². The Morgan fingerprint density at radius 3 is 2.45 bits per heavy atom. The number of anilines is 5. The molecule has 1 spiro atoms. The zero-order valence-corrected chi connectivity index (χ0v) is 23.7. The highest BCUT2D eigenvalue weighted by atomic mass is 35.5. The second-order valence-corrected chi connectivity index (χ2v) is 13.9. The molecule has 11 heteroatoms. The van der Waals surface area contributed by atoms with E-state index in [1.54, 1.807) is 20.4 Å². The number of methoxy groups -OCH3 is 1. The van der Waals surface area contributed by atoms with Crippen LogP contribution >= 0.6 is 18.7 Å². The third-order valence-electron chi connectivity index (χ3n) is 7.47. The van der Waals surface area contributed by atoms with Crippen molar-refractivity contribution in [3.05, 3.63) is 47.6 Å². The number of rotatable bonds is 7. The first-order chi connectivity index (χ1) is 18.3. The molecule has 2 aromatic heterocycles. The number of pyridine rings is 1. The van der Waals surface area contributed by atoms with Gasteiger partial charge in [0.05, 0.1) is 19.0 Å². The Balaban J connectivity index is 1.32. The smallest absolute Gasteiger partial charge is 0.239 e. The van der Waals surface area contributed by atoms with Gasteiger partial charge in [-0.1, -0.05) is 23.7 Å². The van der Waals surface area contributed by atoms with Crippen molar-refractivity contribution in [2.75, 3.05) is 62.3 Å². The number of para-hydroxylation sites is 1. The summed E-state index contributed by atoms with van der Waals surface area (Å²) in [6, 6.07) is 11.4. The van der Waals surface area contributed by atoms with Crippen LogP contribution in [0.4, 0.5) is 29.0 Å². The lowest BCUT2D eigenvalue weighted by Crippen LogP contribution is -2.43. The van der Waals surface area contributed by atoms with Gasteiger partial charge in [0.1, 0.15) is 23.7 Å². The van der Waals surface area contributed by atoms with Crippen molar-refractivity contribution >= 4 is 53.0 Å². The SMILES string of the molecule is COc1nc(N2CCC3(CCOCC3)CC2)ccc1Nc1ncc(Cl)c(Nc2ccccc2P(C)(C)=O)n1. The quantitative estimate of drug-likeness (QED) is 0.357. The lowest BCUT2D eigenvalue weighted by molar-refractivity contribution is 0.00205. The second-order valence-electron chi connectivity index (χ2n) is 10.3. The maximum atomic E-state index is 12.8. The molecule has 1 aromatic carbocycles. The molecule has 38 heavy (non-hydrogen) atoms. The molecule has 2 N–H and O–H groups in total. The summed E-state index contributed by atoms with van der Waals surface area (Å²) in [5.74, 6) is 2.10. The van der Waals surface area contributed by atoms with Gasteiger partial charge in [-0.05, 0) is 68.7 Å². The first kappa shape index (κ1) is 26.7. The molecule has 0 amide bonds. The summed E-state index contributed by atoms with van der Waals surface area (Å²) >= 11 is 6.40. The van der Waals surface area contributed by atoms with Crippen LogP contribution in [0.5, 0.6) is 5.88 Å². The first-order valence-electron chi connectivity index (χ1n) is 12.9. The van der Waals surface area contributed by atoms with Gasteiger partial charge in [0.25, 0.3) is 0 Å². The van der Waals surface area contributed by atoms with Crippen LogP contribution < -0.4 is 25.6 Å². The second kappa shape index (κ2) is 11.1. The number of ether oxygens (including phenoxy) is 2. The lowest BCUT2D eigenvalue weighted by atomic mass is 9.72. The summed E-state index contributed by atoms with van der Waals surface area (Å²) in [5, 5.41) is 7.50. The van der Waals surface area contributed by atoms with Gasteiger partial charge in [0.2, 0.25) is 11.8 Å². The van der Waals surface area contributed by atoms with E-state index in [0.717, 1.165) is 63.1 Å². The molecular formula is C27H34ClN6O3P. The molecule has 0 radical (unpaired) electrons. The van der Waals surface area contributed by atoms with Crippen molar-refractivity contribution in [2.24, 2.45) is 5.41 Å². The van der Waals surface area contributed by atoms with E-state index >= 15 is 0 Å². The maximum Gasteiger partial charge on any atom is 0.239 e. The molecular weight excluding hydrogens is 523 g/mol. The van der Waals surface area contributed by atoms with Gasteiger partial charge in [-0.15, -0.1) is 0 Å². The fraction of sp³-hybridized carbons (Fsp3) is 0.444. The Morgan fingerprint density at radius 1 is 1.00 bits per heavy atom. The van der Waals surface area contributed by atoms with Crippen LogP contribution in [0.3, 0.4) is 0 Å². The molecule has 4 heterocycles. The van der Waals surface area contributed by atoms with Gasteiger partial charge >= 0.3 is 0 Å². The fourth-order valence-electron chi connectivity index (χ4n) is 5.18. The van der Waals surface area contributed by atoms with Crippen LogP contribution in [0.2, 0.25) is 5.02 Å². The van der Waals surface area contributed by atoms with Gasteiger partial charge in [-0.2, -0.15) is 9.97 Å². The summed E-state index contributed by atoms with van der Waals surface area (Å²) in [7, 11) is -0.909. The Morgan fingerprint density at radius 2 is 1.74 bits per heavy atom. The highest BCUT2D eigenvalue weighted by Gasteiger charge is 2.36. The summed E-state index contributed by atoms with van der Waals surface area (Å²) in [5.41, 5.74) is 1.76. The summed E-state index contributed by atoms with van der Waals surface area (Å²) in [6.07, 6.45) is 6.14. The molecule has 0 bridgehead atoms. The molecule has 3 aromatic rings. The van der Waals surface area contributed by atoms with E-state index in [-0.39, 0.29) is 0 Å². The Kier molecular flexibility index (Phi) is 7.80. The third kappa shape index (κ3) is 5.90. The van der Waals surface area contributed by atoms with Crippen molar-refractivity contribution in [2.45, 2.75) is 25.7 Å². The minimum atomic E-state index is -2.51. The molecule has 0 atom stereocenters. The number of piperidine rings is 1. The molecule has 2 aliphatic heterocycles. The molecule has 0 unspecified atom stereocenters. The van der Waals surface area contributed by atoms with Gasteiger partial charge in [-0.25, -0.2) is 4.98 Å². The zero-order chi connectivity index (χ0) is 26.8. The monoisotopic (exact) mass is 556 g/mol. The molecule has 2 saturated heterocycles. The largest absolute Gasteiger partial charge is 0.479 e. The van der Waals surface area contributed by atoms with Crippen LogP contribution in [0, 0.1) is 5.41 Å². The summed E-state index contributed by atoms with van der Waals surface area (Å²) < 4.78 is 24.0. The normalized spacial score (nSPS) is 17.3. The third-order valence-corrected chi connectivity index (χ3v) is 9.30. The topological polar surface area (TPSA) is 102 Å². The van der Waals surface area contributed by atoms with Gasteiger partial charge < -0.3 is 29.6 Å². The Hall–Kier alpha value is -2.87. The Bertz CT molecular complexity index is 1330. The van der Waals surface area contributed by atoms with Crippen molar-refractivity contribution in [1.82, 2.24) is 15.0 Å². The number of nitrogens with zero attached hydrogens (tertiary/aromatic N) is 4. The van der Waals surface area contributed by atoms with E-state index in [0.29, 0.717) is 39.5 Å². The lowest BCUT2D eigenvalue weighted by Gasteiger charge is -2.44. The number of nitrogens with one attached hydrogen (secondary N) is 2. The van der Waals surface area contributed by atoms with Crippen molar-refractivity contribution in [3.63, 3.8) is 0 Å². The average Bonchev–Trinajstić information content (AvgIpc) is 2.91. The summed E-state index contributed by atoms with van der Waals surface area (Å²) in [6.45, 7) is 7.17. The van der Waals surface area contributed by atoms with E-state index in [9.17, 15) is 4.57 Å². The van der Waals surface area contributed by atoms with E-state index in [2.05, 4.69) is 25.5 Å². The van der Waals surface area contributed by atoms with Crippen LogP contribution in [-0.4, -0.2) is 61.7 Å². The molecule has 0 saturated carbocycles. The molecule has 2 aliphatic rings. The molecule has 202 valence electrons. The zero-order valence-electron chi connectivity index (χ0n) is 22.0. The molecule has 2 fully saturated rings. The summed E-state index contributed by atoms with van der Waals surface area (Å²) in [4.78, 5) is 16.0. The predicted molar refractivity (Wildman–Crippen MR) is 154 cm³/mol. The van der Waals surface area contributed by atoms with Crippen LogP contribution in [0.15, 0.2) is 42.6 Å². The number of halogens is 1. The number of hydrogen-bond donors (Lipinski definition) is 2. The van der Waals surface area contributed by atoms with Crippen LogP contribution in [0.1, 0.15) is 25.7 Å². The molecule has 9 nitrogen and oxygen atoms in total.